The van der Waals surface area contributed by atoms with Crippen LogP contribution in [0.4, 0.5) is 11.4 Å². The Bertz CT molecular complexity index is 619. The number of hydrogen-bond acceptors (Lipinski definition) is 4. The van der Waals surface area contributed by atoms with E-state index >= 15 is 0 Å². The van der Waals surface area contributed by atoms with Crippen LogP contribution in [0, 0.1) is 4.71 Å². The molecule has 1 heterocycles. The van der Waals surface area contributed by atoms with Crippen molar-refractivity contribution in [3.8, 4) is 0 Å². The molecule has 0 fully saturated rings. The highest BCUT2D eigenvalue weighted by Gasteiger charge is 2.09. The van der Waals surface area contributed by atoms with Gasteiger partial charge in [0.1, 0.15) is 11.3 Å². The van der Waals surface area contributed by atoms with Crippen molar-refractivity contribution >= 4 is 40.5 Å². The van der Waals surface area contributed by atoms with Crippen molar-refractivity contribution in [3.63, 3.8) is 0 Å². The summed E-state index contributed by atoms with van der Waals surface area (Å²) < 4.78 is 5.58. The molecule has 0 spiro atoms. The molecule has 2 aromatic rings. The Morgan fingerprint density at radius 1 is 1.44 bits per heavy atom. The van der Waals surface area contributed by atoms with Gasteiger partial charge in [0.25, 0.3) is 0 Å². The fourth-order valence-electron chi connectivity index (χ4n) is 1.47. The number of hydrogen-bond donors (Lipinski definition) is 2. The lowest BCUT2D eigenvalue weighted by atomic mass is 10.2. The summed E-state index contributed by atoms with van der Waals surface area (Å²) in [5.74, 6) is -0.233. The van der Waals surface area contributed by atoms with Crippen molar-refractivity contribution in [3.05, 3.63) is 29.0 Å². The number of para-hydroxylation sites is 1. The van der Waals surface area contributed by atoms with E-state index in [-0.39, 0.29) is 10.6 Å². The SMILES string of the molecule is CC(=O)Nc1c(N)c2ccccc2oc1=S. The average Bonchev–Trinajstić information content (AvgIpc) is 2.24. The maximum Gasteiger partial charge on any atom is 0.221 e. The van der Waals surface area contributed by atoms with Gasteiger partial charge in [0.2, 0.25) is 10.6 Å². The first-order valence-corrected chi connectivity index (χ1v) is 5.09. The zero-order valence-corrected chi connectivity index (χ0v) is 9.43. The number of fused-ring (bicyclic) bond motifs is 1. The monoisotopic (exact) mass is 234 g/mol. The lowest BCUT2D eigenvalue weighted by molar-refractivity contribution is -0.114. The van der Waals surface area contributed by atoms with Crippen molar-refractivity contribution < 1.29 is 9.21 Å². The van der Waals surface area contributed by atoms with E-state index in [0.29, 0.717) is 17.0 Å². The van der Waals surface area contributed by atoms with E-state index < -0.39 is 0 Å². The first-order chi connectivity index (χ1) is 7.59. The van der Waals surface area contributed by atoms with Gasteiger partial charge in [-0.2, -0.15) is 0 Å². The predicted molar refractivity (Wildman–Crippen MR) is 65.8 cm³/mol. The number of carbonyl (C=O) groups is 1. The third-order valence-corrected chi connectivity index (χ3v) is 2.44. The van der Waals surface area contributed by atoms with E-state index in [1.807, 2.05) is 18.2 Å². The van der Waals surface area contributed by atoms with Crippen molar-refractivity contribution in [1.29, 1.82) is 0 Å². The Labute approximate surface area is 97.1 Å². The molecule has 0 aliphatic carbocycles. The van der Waals surface area contributed by atoms with Crippen LogP contribution >= 0.6 is 12.2 Å². The lowest BCUT2D eigenvalue weighted by Crippen LogP contribution is -2.08. The molecule has 1 aromatic heterocycles. The van der Waals surface area contributed by atoms with Gasteiger partial charge in [0.05, 0.1) is 5.69 Å². The van der Waals surface area contributed by atoms with E-state index in [1.54, 1.807) is 6.07 Å². The summed E-state index contributed by atoms with van der Waals surface area (Å²) in [7, 11) is 0. The van der Waals surface area contributed by atoms with Crippen LogP contribution < -0.4 is 11.1 Å². The summed E-state index contributed by atoms with van der Waals surface area (Å²) in [6, 6.07) is 7.26. The maximum absolute atomic E-state index is 11.0. The third kappa shape index (κ3) is 1.77. The summed E-state index contributed by atoms with van der Waals surface area (Å²) in [6.07, 6.45) is 0. The van der Waals surface area contributed by atoms with Crippen molar-refractivity contribution in [2.75, 3.05) is 11.1 Å². The molecular weight excluding hydrogens is 224 g/mol. The molecule has 0 bridgehead atoms. The van der Waals surface area contributed by atoms with Gasteiger partial charge >= 0.3 is 0 Å². The largest absolute Gasteiger partial charge is 0.443 e. The van der Waals surface area contributed by atoms with Crippen LogP contribution in [0.3, 0.4) is 0 Å². The highest BCUT2D eigenvalue weighted by Crippen LogP contribution is 2.29. The lowest BCUT2D eigenvalue weighted by Gasteiger charge is -2.08. The molecule has 1 aromatic carbocycles. The second-order valence-electron chi connectivity index (χ2n) is 3.36. The summed E-state index contributed by atoms with van der Waals surface area (Å²) in [6.45, 7) is 1.39. The first-order valence-electron chi connectivity index (χ1n) is 4.68. The van der Waals surface area contributed by atoms with Crippen molar-refractivity contribution in [2.24, 2.45) is 0 Å². The molecular formula is C11H10N2O2S. The molecule has 3 N–H and O–H groups in total. The topological polar surface area (TPSA) is 68.3 Å². The summed E-state index contributed by atoms with van der Waals surface area (Å²) in [5, 5.41) is 3.31. The quantitative estimate of drug-likeness (QED) is 0.744. The van der Waals surface area contributed by atoms with Gasteiger partial charge in [-0.3, -0.25) is 4.79 Å². The number of nitrogens with one attached hydrogen (secondary N) is 1. The standard InChI is InChI=1S/C11H10N2O2S/c1-6(14)13-10-9(12)7-4-2-3-5-8(7)15-11(10)16/h2-5H,12H2,1H3,(H,13,14). The third-order valence-electron chi connectivity index (χ3n) is 2.15. The number of nitrogens with two attached hydrogens (primary N) is 1. The van der Waals surface area contributed by atoms with E-state index in [9.17, 15) is 4.79 Å². The van der Waals surface area contributed by atoms with Gasteiger partial charge in [-0.15, -0.1) is 0 Å². The number of amides is 1. The minimum Gasteiger partial charge on any atom is -0.443 e. The Morgan fingerprint density at radius 3 is 2.81 bits per heavy atom. The molecule has 1 amide bonds. The molecule has 0 aliphatic rings. The van der Waals surface area contributed by atoms with Crippen LogP contribution in [0.25, 0.3) is 11.0 Å². The van der Waals surface area contributed by atoms with Gasteiger partial charge < -0.3 is 15.5 Å². The molecule has 0 saturated carbocycles. The van der Waals surface area contributed by atoms with E-state index in [2.05, 4.69) is 5.32 Å². The maximum atomic E-state index is 11.0. The normalized spacial score (nSPS) is 10.3. The van der Waals surface area contributed by atoms with Gasteiger partial charge in [0, 0.05) is 12.3 Å². The zero-order valence-electron chi connectivity index (χ0n) is 8.61. The Balaban J connectivity index is 2.75. The predicted octanol–water partition coefficient (Wildman–Crippen LogP) is 2.70. The second-order valence-corrected chi connectivity index (χ2v) is 3.73. The van der Waals surface area contributed by atoms with E-state index in [4.69, 9.17) is 22.4 Å². The number of benzene rings is 1. The van der Waals surface area contributed by atoms with E-state index in [1.165, 1.54) is 6.92 Å². The zero-order chi connectivity index (χ0) is 11.7. The fraction of sp³-hybridized carbons (Fsp3) is 0.0909. The minimum absolute atomic E-state index is 0.186. The molecule has 0 radical (unpaired) electrons. The smallest absolute Gasteiger partial charge is 0.221 e. The minimum atomic E-state index is -0.233. The van der Waals surface area contributed by atoms with Crippen LogP contribution in [0.2, 0.25) is 0 Å². The van der Waals surface area contributed by atoms with Crippen molar-refractivity contribution in [1.82, 2.24) is 0 Å². The average molecular weight is 234 g/mol. The Hall–Kier alpha value is -1.88. The molecule has 5 heteroatoms. The highest BCUT2D eigenvalue weighted by atomic mass is 32.1. The molecule has 2 rings (SSSR count). The Morgan fingerprint density at radius 2 is 2.12 bits per heavy atom. The molecule has 4 nitrogen and oxygen atoms in total. The molecule has 0 aliphatic heterocycles. The van der Waals surface area contributed by atoms with Crippen LogP contribution in [0.15, 0.2) is 28.7 Å². The van der Waals surface area contributed by atoms with Gasteiger partial charge in [-0.05, 0) is 24.4 Å². The number of rotatable bonds is 1. The molecule has 0 atom stereocenters. The summed E-state index contributed by atoms with van der Waals surface area (Å²) in [5.41, 5.74) is 7.33. The highest BCUT2D eigenvalue weighted by molar-refractivity contribution is 7.71. The van der Waals surface area contributed by atoms with E-state index in [0.717, 1.165) is 5.39 Å². The van der Waals surface area contributed by atoms with Crippen LogP contribution in [-0.2, 0) is 4.79 Å². The fourth-order valence-corrected chi connectivity index (χ4v) is 1.72. The number of anilines is 2. The number of carbonyl (C=O) groups excluding carboxylic acids is 1. The molecule has 0 saturated heterocycles. The van der Waals surface area contributed by atoms with Crippen LogP contribution in [0.5, 0.6) is 0 Å². The molecule has 16 heavy (non-hydrogen) atoms. The number of nitrogen functional groups attached to an aromatic ring is 1. The second kappa shape index (κ2) is 3.94. The summed E-state index contributed by atoms with van der Waals surface area (Å²) >= 11 is 5.02. The van der Waals surface area contributed by atoms with Crippen LogP contribution in [0.1, 0.15) is 6.92 Å². The Kier molecular flexibility index (Phi) is 2.62. The van der Waals surface area contributed by atoms with Gasteiger partial charge in [0.15, 0.2) is 0 Å². The van der Waals surface area contributed by atoms with Crippen molar-refractivity contribution in [2.45, 2.75) is 6.92 Å². The van der Waals surface area contributed by atoms with Gasteiger partial charge in [-0.1, -0.05) is 12.1 Å². The molecule has 0 unspecified atom stereocenters. The van der Waals surface area contributed by atoms with Gasteiger partial charge in [-0.25, -0.2) is 0 Å². The molecule has 82 valence electrons. The first kappa shape index (κ1) is 10.6. The van der Waals surface area contributed by atoms with Crippen LogP contribution in [-0.4, -0.2) is 5.91 Å². The summed E-state index contributed by atoms with van der Waals surface area (Å²) in [4.78, 5) is 11.0.